The van der Waals surface area contributed by atoms with E-state index in [1.54, 1.807) is 6.08 Å². The van der Waals surface area contributed by atoms with Gasteiger partial charge in [-0.3, -0.25) is 4.79 Å². The average Bonchev–Trinajstić information content (AvgIpc) is 2.56. The Morgan fingerprint density at radius 3 is 2.70 bits per heavy atom. The zero-order valence-electron chi connectivity index (χ0n) is 14.5. The van der Waals surface area contributed by atoms with Gasteiger partial charge in [-0.2, -0.15) is 0 Å². The van der Waals surface area contributed by atoms with Crippen LogP contribution in [0.15, 0.2) is 58.2 Å². The Morgan fingerprint density at radius 2 is 2.17 bits per heavy atom. The van der Waals surface area contributed by atoms with Crippen LogP contribution >= 0.6 is 15.9 Å². The first-order valence-electron chi connectivity index (χ1n) is 7.57. The summed E-state index contributed by atoms with van der Waals surface area (Å²) < 4.78 is 12.3. The summed E-state index contributed by atoms with van der Waals surface area (Å²) in [6.07, 6.45) is 9.39. The van der Waals surface area contributed by atoms with E-state index in [9.17, 15) is 4.79 Å². The van der Waals surface area contributed by atoms with Gasteiger partial charge in [-0.1, -0.05) is 47.2 Å². The zero-order chi connectivity index (χ0) is 17.6. The van der Waals surface area contributed by atoms with Crippen molar-refractivity contribution in [3.63, 3.8) is 0 Å². The number of carbonyl (C=O) groups is 1. The lowest BCUT2D eigenvalue weighted by Crippen LogP contribution is -2.48. The van der Waals surface area contributed by atoms with Crippen LogP contribution in [0.25, 0.3) is 0 Å². The second kappa shape index (κ2) is 8.57. The molecular formula is C19H25BrO3. The van der Waals surface area contributed by atoms with Gasteiger partial charge >= 0.3 is 0 Å². The monoisotopic (exact) mass is 380 g/mol. The molecule has 1 rings (SSSR count). The van der Waals surface area contributed by atoms with Crippen molar-refractivity contribution in [1.82, 2.24) is 0 Å². The minimum absolute atomic E-state index is 0.0825. The molecule has 1 aliphatic rings. The minimum atomic E-state index is -1.40. The molecule has 0 amide bonds. The SMILES string of the molecule is C=CC(C)C1=CC(Br)=C(C)C(OC)(OC/C(C)=C\C=C\C)C1=O. The summed E-state index contributed by atoms with van der Waals surface area (Å²) in [5.74, 6) is -1.65. The standard InChI is InChI=1S/C19H25BrO3/c1-7-9-10-13(3)12-23-19(22-6)15(5)17(20)11-16(18(19)21)14(4)8-2/h7-11,14H,2,12H2,1,3-6H3/b9-7+,13-10-. The number of methoxy groups -OCH3 is 1. The fourth-order valence-electron chi connectivity index (χ4n) is 2.30. The third-order valence-electron chi connectivity index (χ3n) is 3.90. The van der Waals surface area contributed by atoms with Crippen molar-refractivity contribution < 1.29 is 14.3 Å². The molecule has 2 atom stereocenters. The van der Waals surface area contributed by atoms with Crippen LogP contribution in [-0.4, -0.2) is 25.3 Å². The number of hydrogen-bond acceptors (Lipinski definition) is 3. The molecule has 0 saturated carbocycles. The van der Waals surface area contributed by atoms with E-state index in [4.69, 9.17) is 9.47 Å². The van der Waals surface area contributed by atoms with Gasteiger partial charge in [0.05, 0.1) is 6.61 Å². The number of halogens is 1. The predicted molar refractivity (Wildman–Crippen MR) is 98.3 cm³/mol. The fraction of sp³-hybridized carbons (Fsp3) is 0.421. The maximum absolute atomic E-state index is 13.0. The number of allylic oxidation sites excluding steroid dienone is 6. The maximum atomic E-state index is 13.0. The molecule has 2 unspecified atom stereocenters. The Balaban J connectivity index is 3.20. The van der Waals surface area contributed by atoms with Gasteiger partial charge in [0.25, 0.3) is 5.79 Å². The van der Waals surface area contributed by atoms with E-state index in [0.29, 0.717) is 17.8 Å². The quantitative estimate of drug-likeness (QED) is 0.359. The third-order valence-corrected chi connectivity index (χ3v) is 4.73. The van der Waals surface area contributed by atoms with Crippen LogP contribution in [0.4, 0.5) is 0 Å². The first kappa shape index (κ1) is 19.8. The minimum Gasteiger partial charge on any atom is -0.343 e. The first-order chi connectivity index (χ1) is 10.8. The molecular weight excluding hydrogens is 356 g/mol. The van der Waals surface area contributed by atoms with Crippen molar-refractivity contribution in [2.45, 2.75) is 33.5 Å². The lowest BCUT2D eigenvalue weighted by atomic mass is 9.85. The molecule has 4 heteroatoms. The maximum Gasteiger partial charge on any atom is 0.257 e. The topological polar surface area (TPSA) is 35.5 Å². The highest BCUT2D eigenvalue weighted by atomic mass is 79.9. The smallest absolute Gasteiger partial charge is 0.257 e. The number of ether oxygens (including phenoxy) is 2. The average molecular weight is 381 g/mol. The number of carbonyl (C=O) groups excluding carboxylic acids is 1. The molecule has 23 heavy (non-hydrogen) atoms. The summed E-state index contributed by atoms with van der Waals surface area (Å²) in [4.78, 5) is 13.0. The molecule has 0 aromatic rings. The van der Waals surface area contributed by atoms with Crippen molar-refractivity contribution in [2.75, 3.05) is 13.7 Å². The van der Waals surface area contributed by atoms with Gasteiger partial charge < -0.3 is 9.47 Å². The number of hydrogen-bond donors (Lipinski definition) is 0. The largest absolute Gasteiger partial charge is 0.343 e. The molecule has 0 aromatic carbocycles. The highest BCUT2D eigenvalue weighted by Crippen LogP contribution is 2.39. The molecule has 0 heterocycles. The van der Waals surface area contributed by atoms with Crippen LogP contribution in [0.3, 0.4) is 0 Å². The van der Waals surface area contributed by atoms with Crippen LogP contribution in [0.5, 0.6) is 0 Å². The molecule has 126 valence electrons. The van der Waals surface area contributed by atoms with Gasteiger partial charge in [0.1, 0.15) is 0 Å². The molecule has 0 aliphatic heterocycles. The van der Waals surface area contributed by atoms with E-state index in [1.807, 2.05) is 52.0 Å². The van der Waals surface area contributed by atoms with E-state index >= 15 is 0 Å². The third kappa shape index (κ3) is 4.19. The summed E-state index contributed by atoms with van der Waals surface area (Å²) in [5, 5.41) is 0. The Hall–Kier alpha value is -1.23. The Morgan fingerprint density at radius 1 is 1.52 bits per heavy atom. The van der Waals surface area contributed by atoms with E-state index in [0.717, 1.165) is 10.1 Å². The van der Waals surface area contributed by atoms with Gasteiger partial charge in [-0.15, -0.1) is 6.58 Å². The predicted octanol–water partition coefficient (Wildman–Crippen LogP) is 4.87. The van der Waals surface area contributed by atoms with Crippen molar-refractivity contribution >= 4 is 21.7 Å². The molecule has 0 aromatic heterocycles. The highest BCUT2D eigenvalue weighted by molar-refractivity contribution is 9.11. The second-order valence-corrected chi connectivity index (χ2v) is 6.43. The first-order valence-corrected chi connectivity index (χ1v) is 8.36. The lowest BCUT2D eigenvalue weighted by molar-refractivity contribution is -0.194. The van der Waals surface area contributed by atoms with Gasteiger partial charge in [0.2, 0.25) is 5.78 Å². The molecule has 0 bridgehead atoms. The Labute approximate surface area is 147 Å². The molecule has 0 fully saturated rings. The number of rotatable bonds is 7. The lowest BCUT2D eigenvalue weighted by Gasteiger charge is -2.36. The van der Waals surface area contributed by atoms with Gasteiger partial charge in [0, 0.05) is 28.7 Å². The summed E-state index contributed by atoms with van der Waals surface area (Å²) >= 11 is 3.52. The van der Waals surface area contributed by atoms with Crippen molar-refractivity contribution in [3.05, 3.63) is 58.2 Å². The van der Waals surface area contributed by atoms with Crippen molar-refractivity contribution in [1.29, 1.82) is 0 Å². The molecule has 0 N–H and O–H groups in total. The normalized spacial score (nSPS) is 24.2. The molecule has 1 aliphatic carbocycles. The summed E-state index contributed by atoms with van der Waals surface area (Å²) in [6.45, 7) is 11.7. The van der Waals surface area contributed by atoms with Crippen LogP contribution < -0.4 is 0 Å². The van der Waals surface area contributed by atoms with Crippen molar-refractivity contribution in [2.24, 2.45) is 5.92 Å². The fourth-order valence-corrected chi connectivity index (χ4v) is 2.80. The Bertz CT molecular complexity index is 596. The van der Waals surface area contributed by atoms with E-state index in [1.165, 1.54) is 7.11 Å². The van der Waals surface area contributed by atoms with Gasteiger partial charge in [-0.05, 0) is 32.4 Å². The summed E-state index contributed by atoms with van der Waals surface area (Å²) in [5.41, 5.74) is 2.34. The summed E-state index contributed by atoms with van der Waals surface area (Å²) in [7, 11) is 1.49. The van der Waals surface area contributed by atoms with Gasteiger partial charge in [-0.25, -0.2) is 0 Å². The summed E-state index contributed by atoms with van der Waals surface area (Å²) in [6, 6.07) is 0. The highest BCUT2D eigenvalue weighted by Gasteiger charge is 2.47. The second-order valence-electron chi connectivity index (χ2n) is 5.57. The van der Waals surface area contributed by atoms with E-state index in [2.05, 4.69) is 22.5 Å². The van der Waals surface area contributed by atoms with Crippen LogP contribution in [0.1, 0.15) is 27.7 Å². The van der Waals surface area contributed by atoms with Crippen LogP contribution in [0, 0.1) is 5.92 Å². The molecule has 3 nitrogen and oxygen atoms in total. The van der Waals surface area contributed by atoms with Crippen molar-refractivity contribution in [3.8, 4) is 0 Å². The van der Waals surface area contributed by atoms with E-state index < -0.39 is 5.79 Å². The van der Waals surface area contributed by atoms with Crippen LogP contribution in [-0.2, 0) is 14.3 Å². The number of ketones is 1. The Kier molecular flexibility index (Phi) is 7.39. The number of Topliss-reactive ketones (excluding diaryl/α,β-unsaturated/α-hetero) is 1. The molecule has 0 spiro atoms. The van der Waals surface area contributed by atoms with E-state index in [-0.39, 0.29) is 11.7 Å². The zero-order valence-corrected chi connectivity index (χ0v) is 16.1. The van der Waals surface area contributed by atoms with Crippen LogP contribution in [0.2, 0.25) is 0 Å². The molecule has 0 saturated heterocycles. The molecule has 0 radical (unpaired) electrons. The van der Waals surface area contributed by atoms with Gasteiger partial charge in [0.15, 0.2) is 0 Å².